The number of carbonyl (C=O) groups excluding carboxylic acids is 2. The number of hydrogen-bond acceptors (Lipinski definition) is 13. The summed E-state index contributed by atoms with van der Waals surface area (Å²) in [5.74, 6) is 0.225. The lowest BCUT2D eigenvalue weighted by molar-refractivity contribution is -0.119. The highest BCUT2D eigenvalue weighted by Crippen LogP contribution is 2.34. The van der Waals surface area contributed by atoms with Gasteiger partial charge in [0, 0.05) is 17.4 Å². The molecule has 3 aliphatic heterocycles. The molecule has 0 aromatic carbocycles. The third-order valence-electron chi connectivity index (χ3n) is 6.71. The Balaban J connectivity index is 1.07. The van der Waals surface area contributed by atoms with E-state index < -0.39 is 47.4 Å². The quantitative estimate of drug-likeness (QED) is 0.135. The SMILES string of the molecule is Nc1ncnc2c1ncn2[C@@H]1O[C@H](COS(=O)(=O)NC(=O)CCCC[C@@H]2SC[C@@H]3NC(=O)N[C@@H]32)[C@@H](O)[C@H]1O. The number of imidazole rings is 1. The highest BCUT2D eigenvalue weighted by molar-refractivity contribution is 8.00. The largest absolute Gasteiger partial charge is 0.387 e. The summed E-state index contributed by atoms with van der Waals surface area (Å²) in [5, 5.41) is 26.9. The second-order valence-corrected chi connectivity index (χ2v) is 11.9. The zero-order valence-electron chi connectivity index (χ0n) is 20.0. The van der Waals surface area contributed by atoms with Crippen molar-refractivity contribution in [3.63, 3.8) is 0 Å². The van der Waals surface area contributed by atoms with E-state index >= 15 is 0 Å². The van der Waals surface area contributed by atoms with Crippen LogP contribution in [0.2, 0.25) is 0 Å². The van der Waals surface area contributed by atoms with Gasteiger partial charge < -0.3 is 31.3 Å². The molecule has 3 saturated heterocycles. The standard InChI is InChI=1S/C20H28N8O8S2/c21-17-14-18(23-7-22-17)28(8-24-14)19-16(31)15(30)10(36-19)5-35-38(33,34)27-12(29)4-2-1-3-11-13-9(6-37-11)25-20(32)26-13/h7-11,13,15-16,19,30-31H,1-6H2,(H,27,29)(H2,21,22,23)(H2,25,26,32)/t9-,10+,11-,13-,15+,16+,19+/m0/s1. The molecule has 0 saturated carbocycles. The van der Waals surface area contributed by atoms with Gasteiger partial charge in [0.25, 0.3) is 0 Å². The van der Waals surface area contributed by atoms with Gasteiger partial charge in [-0.1, -0.05) is 6.42 Å². The average molecular weight is 573 g/mol. The fraction of sp³-hybridized carbons (Fsp3) is 0.650. The van der Waals surface area contributed by atoms with Crippen molar-refractivity contribution in [2.45, 2.75) is 67.6 Å². The number of fused-ring (bicyclic) bond motifs is 2. The van der Waals surface area contributed by atoms with Crippen molar-refractivity contribution in [2.75, 3.05) is 18.1 Å². The number of hydrogen-bond donors (Lipinski definition) is 6. The van der Waals surface area contributed by atoms with Crippen molar-refractivity contribution in [3.8, 4) is 0 Å². The number of carbonyl (C=O) groups is 2. The number of anilines is 1. The summed E-state index contributed by atoms with van der Waals surface area (Å²) in [6.07, 6.45) is -0.884. The Morgan fingerprint density at radius 3 is 2.89 bits per heavy atom. The van der Waals surface area contributed by atoms with Gasteiger partial charge >= 0.3 is 16.3 Å². The van der Waals surface area contributed by atoms with Gasteiger partial charge in [-0.15, -0.1) is 0 Å². The first-order valence-electron chi connectivity index (χ1n) is 12.0. The second kappa shape index (κ2) is 10.8. The minimum Gasteiger partial charge on any atom is -0.387 e. The predicted octanol–water partition coefficient (Wildman–Crippen LogP) is -1.87. The van der Waals surface area contributed by atoms with Gasteiger partial charge in [0.05, 0.1) is 25.0 Å². The van der Waals surface area contributed by atoms with Crippen LogP contribution in [0.15, 0.2) is 12.7 Å². The van der Waals surface area contributed by atoms with Gasteiger partial charge in [-0.25, -0.2) is 24.5 Å². The third-order valence-corrected chi connectivity index (χ3v) is 9.14. The number of aliphatic hydroxyl groups is 2. The molecule has 0 aliphatic carbocycles. The summed E-state index contributed by atoms with van der Waals surface area (Å²) in [4.78, 5) is 35.6. The summed E-state index contributed by atoms with van der Waals surface area (Å²) < 4.78 is 38.2. The van der Waals surface area contributed by atoms with E-state index in [1.54, 1.807) is 11.8 Å². The molecule has 3 aliphatic rings. The Hall–Kier alpha value is -2.77. The number of nitrogens with zero attached hydrogens (tertiary/aromatic N) is 4. The van der Waals surface area contributed by atoms with E-state index in [0.717, 1.165) is 12.2 Å². The molecule has 0 spiro atoms. The van der Waals surface area contributed by atoms with Crippen molar-refractivity contribution in [1.29, 1.82) is 0 Å². The van der Waals surface area contributed by atoms with Crippen LogP contribution in [0.5, 0.6) is 0 Å². The summed E-state index contributed by atoms with van der Waals surface area (Å²) in [6, 6.07) is 0.0274. The van der Waals surface area contributed by atoms with Crippen LogP contribution in [0.25, 0.3) is 11.2 Å². The maximum absolute atomic E-state index is 12.3. The van der Waals surface area contributed by atoms with Gasteiger partial charge in [-0.05, 0) is 12.8 Å². The van der Waals surface area contributed by atoms with Crippen LogP contribution in [-0.4, -0.2) is 98.1 Å². The number of urea groups is 1. The van der Waals surface area contributed by atoms with E-state index in [-0.39, 0.29) is 46.8 Å². The normalized spacial score (nSPS) is 30.8. The van der Waals surface area contributed by atoms with Gasteiger partial charge in [-0.2, -0.15) is 20.2 Å². The van der Waals surface area contributed by atoms with Crippen LogP contribution < -0.4 is 21.1 Å². The van der Waals surface area contributed by atoms with E-state index in [1.807, 2.05) is 4.72 Å². The van der Waals surface area contributed by atoms with E-state index in [2.05, 4.69) is 25.6 Å². The lowest BCUT2D eigenvalue weighted by Crippen LogP contribution is -2.38. The summed E-state index contributed by atoms with van der Waals surface area (Å²) in [7, 11) is -4.48. The highest BCUT2D eigenvalue weighted by atomic mass is 32.2. The molecule has 3 amide bonds. The predicted molar refractivity (Wildman–Crippen MR) is 133 cm³/mol. The van der Waals surface area contributed by atoms with Crippen LogP contribution in [0.3, 0.4) is 0 Å². The van der Waals surface area contributed by atoms with Crippen LogP contribution in [0, 0.1) is 0 Å². The van der Waals surface area contributed by atoms with Crippen LogP contribution in [0.4, 0.5) is 10.6 Å². The number of nitrogens with one attached hydrogen (secondary N) is 3. The number of ether oxygens (including phenoxy) is 1. The third kappa shape index (κ3) is 5.50. The van der Waals surface area contributed by atoms with Gasteiger partial charge in [0.1, 0.15) is 30.2 Å². The van der Waals surface area contributed by atoms with Crippen molar-refractivity contribution in [2.24, 2.45) is 0 Å². The Bertz CT molecular complexity index is 1310. The lowest BCUT2D eigenvalue weighted by atomic mass is 10.0. The van der Waals surface area contributed by atoms with Crippen molar-refractivity contribution < 1.29 is 37.1 Å². The minimum atomic E-state index is -4.48. The molecule has 0 radical (unpaired) electrons. The number of aromatic nitrogens is 4. The molecular weight excluding hydrogens is 544 g/mol. The number of nitrogens with two attached hydrogens (primary N) is 1. The number of rotatable bonds is 10. The van der Waals surface area contributed by atoms with Gasteiger partial charge in [0.2, 0.25) is 5.91 Å². The topological polar surface area (TPSA) is 233 Å². The van der Waals surface area contributed by atoms with E-state index in [4.69, 9.17) is 14.7 Å². The van der Waals surface area contributed by atoms with E-state index in [9.17, 15) is 28.2 Å². The molecule has 7 atom stereocenters. The summed E-state index contributed by atoms with van der Waals surface area (Å²) in [5.41, 5.74) is 6.29. The molecule has 16 nitrogen and oxygen atoms in total. The van der Waals surface area contributed by atoms with Crippen molar-refractivity contribution in [3.05, 3.63) is 12.7 Å². The molecule has 0 unspecified atom stereocenters. The molecule has 5 heterocycles. The van der Waals surface area contributed by atoms with Crippen molar-refractivity contribution >= 4 is 51.0 Å². The van der Waals surface area contributed by atoms with Crippen molar-refractivity contribution in [1.82, 2.24) is 34.9 Å². The fourth-order valence-corrected chi connectivity index (χ4v) is 7.10. The summed E-state index contributed by atoms with van der Waals surface area (Å²) in [6.45, 7) is -0.650. The maximum atomic E-state index is 12.3. The number of aliphatic hydroxyl groups excluding tert-OH is 2. The first-order chi connectivity index (χ1) is 18.1. The smallest absolute Gasteiger partial charge is 0.362 e. The lowest BCUT2D eigenvalue weighted by Gasteiger charge is -2.16. The van der Waals surface area contributed by atoms with Crippen LogP contribution in [-0.2, 0) is 24.0 Å². The maximum Gasteiger partial charge on any atom is 0.362 e. The zero-order valence-corrected chi connectivity index (χ0v) is 21.6. The molecule has 7 N–H and O–H groups in total. The van der Waals surface area contributed by atoms with Gasteiger partial charge in [-0.3, -0.25) is 13.5 Å². The summed E-state index contributed by atoms with van der Waals surface area (Å²) >= 11 is 1.76. The molecule has 2 aromatic heterocycles. The second-order valence-electron chi connectivity index (χ2n) is 9.26. The molecule has 2 aromatic rings. The molecule has 18 heteroatoms. The Morgan fingerprint density at radius 1 is 1.26 bits per heavy atom. The zero-order chi connectivity index (χ0) is 27.0. The van der Waals surface area contributed by atoms with Gasteiger partial charge in [0.15, 0.2) is 17.7 Å². The first-order valence-corrected chi connectivity index (χ1v) is 14.4. The molecule has 38 heavy (non-hydrogen) atoms. The minimum absolute atomic E-state index is 0.0271. The number of thioether (sulfide) groups is 1. The fourth-order valence-electron chi connectivity index (χ4n) is 4.80. The Morgan fingerprint density at radius 2 is 2.08 bits per heavy atom. The van der Waals surface area contributed by atoms with Crippen LogP contribution in [0.1, 0.15) is 31.9 Å². The van der Waals surface area contributed by atoms with Crippen LogP contribution >= 0.6 is 11.8 Å². The molecule has 5 rings (SSSR count). The molecule has 0 bridgehead atoms. The highest BCUT2D eigenvalue weighted by Gasteiger charge is 2.45. The number of nitrogen functional groups attached to an aromatic ring is 1. The Labute approximate surface area is 221 Å². The molecule has 208 valence electrons. The van der Waals surface area contributed by atoms with E-state index in [1.165, 1.54) is 17.2 Å². The Kier molecular flexibility index (Phi) is 7.60. The molecule has 3 fully saturated rings. The molecular formula is C20H28N8O8S2. The monoisotopic (exact) mass is 572 g/mol. The average Bonchev–Trinajstić information content (AvgIpc) is 3.61. The first kappa shape index (κ1) is 26.8. The van der Waals surface area contributed by atoms with E-state index in [0.29, 0.717) is 12.8 Å². The number of unbranched alkanes of at least 4 members (excludes halogenated alkanes) is 1. The number of amides is 3.